The van der Waals surface area contributed by atoms with Crippen molar-refractivity contribution in [1.82, 2.24) is 5.01 Å². The van der Waals surface area contributed by atoms with Crippen LogP contribution >= 0.6 is 23.4 Å². The Morgan fingerprint density at radius 3 is 2.61 bits per heavy atom. The maximum Gasteiger partial charge on any atom is 0.262 e. The fourth-order valence-electron chi connectivity index (χ4n) is 4.42. The number of carbonyl (C=O) groups excluding carboxylic acids is 2. The summed E-state index contributed by atoms with van der Waals surface area (Å²) in [5, 5.41) is 10.1. The molecule has 194 valence electrons. The van der Waals surface area contributed by atoms with Crippen LogP contribution in [0.3, 0.4) is 0 Å². The average molecular weight is 547 g/mol. The number of benzene rings is 3. The lowest BCUT2D eigenvalue weighted by Crippen LogP contribution is -2.25. The summed E-state index contributed by atoms with van der Waals surface area (Å²) in [5.74, 6) is 0.197. The first kappa shape index (κ1) is 26.0. The summed E-state index contributed by atoms with van der Waals surface area (Å²) >= 11 is 7.57. The van der Waals surface area contributed by atoms with Crippen molar-refractivity contribution in [2.24, 2.45) is 10.1 Å². The van der Waals surface area contributed by atoms with Crippen LogP contribution in [-0.2, 0) is 9.59 Å². The molecule has 2 atom stereocenters. The van der Waals surface area contributed by atoms with Gasteiger partial charge in [0.2, 0.25) is 5.91 Å². The quantitative estimate of drug-likeness (QED) is 0.401. The number of rotatable bonds is 6. The van der Waals surface area contributed by atoms with E-state index in [4.69, 9.17) is 21.4 Å². The van der Waals surface area contributed by atoms with Crippen LogP contribution in [0.4, 0.5) is 5.69 Å². The molecule has 9 heteroatoms. The summed E-state index contributed by atoms with van der Waals surface area (Å²) in [6, 6.07) is 20.9. The van der Waals surface area contributed by atoms with E-state index in [-0.39, 0.29) is 24.3 Å². The molecule has 3 aromatic rings. The summed E-state index contributed by atoms with van der Waals surface area (Å²) in [4.78, 5) is 29.9. The molecule has 5 rings (SSSR count). The minimum absolute atomic E-state index is 0.0220. The highest BCUT2D eigenvalue weighted by Crippen LogP contribution is 2.39. The van der Waals surface area contributed by atoms with E-state index in [0.717, 1.165) is 33.7 Å². The lowest BCUT2D eigenvalue weighted by Gasteiger charge is -2.23. The Morgan fingerprint density at radius 2 is 1.89 bits per heavy atom. The van der Waals surface area contributed by atoms with Gasteiger partial charge >= 0.3 is 0 Å². The molecule has 0 saturated heterocycles. The molecule has 2 aliphatic rings. The van der Waals surface area contributed by atoms with Crippen LogP contribution in [-0.4, -0.2) is 40.1 Å². The van der Waals surface area contributed by atoms with Gasteiger partial charge in [0, 0.05) is 23.6 Å². The molecule has 0 aliphatic carbocycles. The summed E-state index contributed by atoms with van der Waals surface area (Å²) in [5.41, 5.74) is 5.74. The number of thioether (sulfide) groups is 1. The predicted molar refractivity (Wildman–Crippen MR) is 153 cm³/mol. The van der Waals surface area contributed by atoms with Gasteiger partial charge < -0.3 is 10.1 Å². The molecule has 0 radical (unpaired) electrons. The Labute approximate surface area is 230 Å². The van der Waals surface area contributed by atoms with Crippen molar-refractivity contribution in [3.05, 3.63) is 94.0 Å². The minimum atomic E-state index is -0.614. The van der Waals surface area contributed by atoms with E-state index >= 15 is 0 Å². The van der Waals surface area contributed by atoms with Crippen LogP contribution in [0, 0.1) is 13.8 Å². The second kappa shape index (κ2) is 11.0. The molecular formula is C29H27ClN4O3S. The standard InChI is InChI=1S/C29H27ClN4O3S/c1-17-7-10-22(13-18(17)2)31-27(35)16-26-28(36)32-29(38-26)34-25(20-5-4-6-21(30)14-20)15-24(33-34)19-8-11-23(37-3)12-9-19/h4-14,25-26H,15-16H2,1-3H3,(H,31,35)/t25-,26-/m0/s1. The smallest absolute Gasteiger partial charge is 0.262 e. The zero-order chi connectivity index (χ0) is 26.8. The number of amides is 2. The molecule has 1 N–H and O–H groups in total. The molecule has 2 aliphatic heterocycles. The molecule has 0 fully saturated rings. The number of hydrazone groups is 1. The number of halogens is 1. The lowest BCUT2D eigenvalue weighted by molar-refractivity contribution is -0.121. The molecule has 0 unspecified atom stereocenters. The van der Waals surface area contributed by atoms with Crippen LogP contribution in [0.15, 0.2) is 76.8 Å². The third-order valence-electron chi connectivity index (χ3n) is 6.65. The topological polar surface area (TPSA) is 83.4 Å². The lowest BCUT2D eigenvalue weighted by atomic mass is 9.98. The number of anilines is 1. The normalized spacial score (nSPS) is 18.8. The van der Waals surface area contributed by atoms with Crippen molar-refractivity contribution in [2.75, 3.05) is 12.4 Å². The SMILES string of the molecule is COc1ccc(C2=NN(C3=NC(=O)[C@H](CC(=O)Nc4ccc(C)c(C)c4)S3)[C@H](c3cccc(Cl)c3)C2)cc1. The third kappa shape index (κ3) is 5.61. The summed E-state index contributed by atoms with van der Waals surface area (Å²) < 4.78 is 5.28. The monoisotopic (exact) mass is 546 g/mol. The molecule has 0 aromatic heterocycles. The van der Waals surface area contributed by atoms with Crippen molar-refractivity contribution < 1.29 is 14.3 Å². The molecule has 7 nitrogen and oxygen atoms in total. The Bertz CT molecular complexity index is 1450. The molecule has 0 bridgehead atoms. The van der Waals surface area contributed by atoms with Gasteiger partial charge in [-0.2, -0.15) is 10.1 Å². The fraction of sp³-hybridized carbons (Fsp3) is 0.241. The number of nitrogens with zero attached hydrogens (tertiary/aromatic N) is 3. The molecule has 3 aromatic carbocycles. The summed E-state index contributed by atoms with van der Waals surface area (Å²) in [7, 11) is 1.63. The van der Waals surface area contributed by atoms with Gasteiger partial charge in [-0.05, 0) is 84.6 Å². The van der Waals surface area contributed by atoms with Crippen LogP contribution in [0.1, 0.15) is 41.1 Å². The fourth-order valence-corrected chi connectivity index (χ4v) is 5.68. The first-order valence-corrected chi connectivity index (χ1v) is 13.5. The Morgan fingerprint density at radius 1 is 1.11 bits per heavy atom. The highest BCUT2D eigenvalue weighted by atomic mass is 35.5. The molecule has 2 amide bonds. The van der Waals surface area contributed by atoms with Gasteiger partial charge in [0.05, 0.1) is 18.9 Å². The number of aliphatic imine (C=N–C) groups is 1. The van der Waals surface area contributed by atoms with Crippen LogP contribution in [0.25, 0.3) is 0 Å². The van der Waals surface area contributed by atoms with Gasteiger partial charge in [-0.1, -0.05) is 41.6 Å². The molecular weight excluding hydrogens is 520 g/mol. The van der Waals surface area contributed by atoms with Gasteiger partial charge in [0.25, 0.3) is 5.91 Å². The zero-order valence-corrected chi connectivity index (χ0v) is 22.8. The van der Waals surface area contributed by atoms with Crippen molar-refractivity contribution >= 4 is 51.7 Å². The van der Waals surface area contributed by atoms with Gasteiger partial charge in [-0.15, -0.1) is 0 Å². The van der Waals surface area contributed by atoms with E-state index in [1.807, 2.05) is 80.6 Å². The number of nitrogens with one attached hydrogen (secondary N) is 1. The van der Waals surface area contributed by atoms with E-state index in [1.54, 1.807) is 12.1 Å². The van der Waals surface area contributed by atoms with E-state index in [9.17, 15) is 9.59 Å². The van der Waals surface area contributed by atoms with Gasteiger partial charge in [0.15, 0.2) is 5.17 Å². The van der Waals surface area contributed by atoms with E-state index < -0.39 is 5.25 Å². The number of carbonyl (C=O) groups is 2. The highest BCUT2D eigenvalue weighted by molar-refractivity contribution is 8.15. The highest BCUT2D eigenvalue weighted by Gasteiger charge is 2.39. The van der Waals surface area contributed by atoms with Crippen molar-refractivity contribution in [1.29, 1.82) is 0 Å². The maximum absolute atomic E-state index is 12.8. The van der Waals surface area contributed by atoms with Crippen molar-refractivity contribution in [2.45, 2.75) is 38.0 Å². The largest absolute Gasteiger partial charge is 0.497 e. The average Bonchev–Trinajstić information content (AvgIpc) is 3.50. The Hall–Kier alpha value is -3.62. The van der Waals surface area contributed by atoms with Crippen LogP contribution in [0.2, 0.25) is 5.02 Å². The summed E-state index contributed by atoms with van der Waals surface area (Å²) in [6.07, 6.45) is 0.631. The second-order valence-corrected chi connectivity index (χ2v) is 10.9. The van der Waals surface area contributed by atoms with Crippen LogP contribution < -0.4 is 10.1 Å². The van der Waals surface area contributed by atoms with E-state index in [0.29, 0.717) is 22.3 Å². The first-order valence-electron chi connectivity index (χ1n) is 12.2. The Balaban J connectivity index is 1.35. The van der Waals surface area contributed by atoms with Gasteiger partial charge in [-0.3, -0.25) is 9.59 Å². The van der Waals surface area contributed by atoms with Crippen molar-refractivity contribution in [3.63, 3.8) is 0 Å². The first-order chi connectivity index (χ1) is 18.3. The van der Waals surface area contributed by atoms with Gasteiger partial charge in [-0.25, -0.2) is 5.01 Å². The molecule has 2 heterocycles. The number of hydrogen-bond acceptors (Lipinski definition) is 6. The van der Waals surface area contributed by atoms with Crippen LogP contribution in [0.5, 0.6) is 5.75 Å². The minimum Gasteiger partial charge on any atom is -0.497 e. The number of ether oxygens (including phenoxy) is 1. The number of hydrogen-bond donors (Lipinski definition) is 1. The third-order valence-corrected chi connectivity index (χ3v) is 8.03. The number of methoxy groups -OCH3 is 1. The summed E-state index contributed by atoms with van der Waals surface area (Å²) in [6.45, 7) is 4.01. The maximum atomic E-state index is 12.8. The molecule has 38 heavy (non-hydrogen) atoms. The Kier molecular flexibility index (Phi) is 7.53. The molecule has 0 saturated carbocycles. The molecule has 0 spiro atoms. The van der Waals surface area contributed by atoms with E-state index in [2.05, 4.69) is 10.3 Å². The number of amidine groups is 1. The number of aryl methyl sites for hydroxylation is 2. The van der Waals surface area contributed by atoms with Crippen molar-refractivity contribution in [3.8, 4) is 5.75 Å². The van der Waals surface area contributed by atoms with E-state index in [1.165, 1.54) is 11.8 Å². The van der Waals surface area contributed by atoms with Gasteiger partial charge in [0.1, 0.15) is 11.0 Å². The predicted octanol–water partition coefficient (Wildman–Crippen LogP) is 6.14. The second-order valence-electron chi connectivity index (χ2n) is 9.29. The zero-order valence-electron chi connectivity index (χ0n) is 21.3.